The van der Waals surface area contributed by atoms with E-state index < -0.39 is 33.7 Å². The Bertz CT molecular complexity index is 748. The molecular formula is C24H46N2O10S. The van der Waals surface area contributed by atoms with Gasteiger partial charge in [0.15, 0.2) is 5.25 Å². The average Bonchev–Trinajstić information content (AvgIpc) is 2.82. The summed E-state index contributed by atoms with van der Waals surface area (Å²) in [6, 6.07) is 0. The van der Waals surface area contributed by atoms with Crippen LogP contribution in [0.5, 0.6) is 0 Å². The van der Waals surface area contributed by atoms with Crippen molar-refractivity contribution in [2.24, 2.45) is 0 Å². The molecule has 1 amide bonds. The monoisotopic (exact) mass is 554 g/mol. The number of nitrogens with zero attached hydrogens (tertiary/aromatic N) is 1. The highest BCUT2D eigenvalue weighted by atomic mass is 32.2. The largest absolute Gasteiger partial charge is 0.480 e. The van der Waals surface area contributed by atoms with Gasteiger partial charge in [0.25, 0.3) is 10.1 Å². The summed E-state index contributed by atoms with van der Waals surface area (Å²) >= 11 is 0. The molecule has 0 fully saturated rings. The fourth-order valence-electron chi connectivity index (χ4n) is 3.69. The first kappa shape index (κ1) is 35.2. The molecule has 0 rings (SSSR count). The summed E-state index contributed by atoms with van der Waals surface area (Å²) in [5, 5.41) is 28.9. The van der Waals surface area contributed by atoms with E-state index in [0.717, 1.165) is 19.3 Å². The molecule has 13 heteroatoms. The molecule has 0 aliphatic heterocycles. The molecule has 0 aromatic rings. The third kappa shape index (κ3) is 19.0. The molecule has 2 atom stereocenters. The lowest BCUT2D eigenvalue weighted by Crippen LogP contribution is -2.38. The van der Waals surface area contributed by atoms with Gasteiger partial charge < -0.3 is 30.3 Å². The summed E-state index contributed by atoms with van der Waals surface area (Å²) in [5.74, 6) is -3.35. The van der Waals surface area contributed by atoms with Gasteiger partial charge in [0.1, 0.15) is 6.61 Å². The topological polar surface area (TPSA) is 191 Å². The van der Waals surface area contributed by atoms with Crippen molar-refractivity contribution in [2.75, 3.05) is 39.4 Å². The van der Waals surface area contributed by atoms with Gasteiger partial charge in [-0.2, -0.15) is 8.42 Å². The second-order valence-electron chi connectivity index (χ2n) is 9.08. The van der Waals surface area contributed by atoms with Gasteiger partial charge in [0.05, 0.1) is 25.7 Å². The van der Waals surface area contributed by atoms with Gasteiger partial charge in [-0.15, -0.1) is 0 Å². The second-order valence-corrected chi connectivity index (χ2v) is 10.7. The van der Waals surface area contributed by atoms with Crippen molar-refractivity contribution in [3.05, 3.63) is 0 Å². The van der Waals surface area contributed by atoms with E-state index in [4.69, 9.17) is 14.4 Å². The molecule has 0 aliphatic carbocycles. The molecule has 0 saturated carbocycles. The number of carbonyl (C=O) groups excluding carboxylic acids is 2. The minimum absolute atomic E-state index is 0.00350. The van der Waals surface area contributed by atoms with Crippen molar-refractivity contribution in [1.29, 1.82) is 0 Å². The number of esters is 1. The standard InChI is InChI=1S/C24H46N2O10S/c1-2-3-4-5-6-7-8-9-10-20(28)11-13-25-14-12-22(29)26(15-17-27)16-18-36-23(30)19-21(24(31)32)37(33,34)35/h20-21,25,27-28H,2-19H2,1H3,(H,31,32)(H,33,34,35). The molecule has 0 radical (unpaired) electrons. The van der Waals surface area contributed by atoms with Gasteiger partial charge in [-0.3, -0.25) is 18.9 Å². The number of unbranched alkanes of at least 4 members (excludes halogenated alkanes) is 7. The second kappa shape index (κ2) is 21.2. The molecule has 0 aliphatic rings. The quantitative estimate of drug-likeness (QED) is 0.0657. The van der Waals surface area contributed by atoms with E-state index in [9.17, 15) is 33.0 Å². The number of carboxylic acid groups (broad SMARTS) is 1. The third-order valence-corrected chi connectivity index (χ3v) is 6.98. The Morgan fingerprint density at radius 3 is 2.14 bits per heavy atom. The highest BCUT2D eigenvalue weighted by Crippen LogP contribution is 2.11. The molecule has 0 bridgehead atoms. The zero-order chi connectivity index (χ0) is 28.1. The summed E-state index contributed by atoms with van der Waals surface area (Å²) in [6.45, 7) is 2.39. The molecule has 0 heterocycles. The molecule has 0 aromatic carbocycles. The maximum absolute atomic E-state index is 12.4. The molecular weight excluding hydrogens is 508 g/mol. The maximum atomic E-state index is 12.4. The number of ether oxygens (including phenoxy) is 1. The van der Waals surface area contributed by atoms with Crippen LogP contribution in [0, 0.1) is 0 Å². The van der Waals surface area contributed by atoms with Gasteiger partial charge in [0.2, 0.25) is 5.91 Å². The predicted molar refractivity (Wildman–Crippen MR) is 138 cm³/mol. The number of carboxylic acids is 1. The minimum Gasteiger partial charge on any atom is -0.480 e. The Kier molecular flexibility index (Phi) is 20.1. The number of aliphatic carboxylic acids is 1. The van der Waals surface area contributed by atoms with E-state index in [0.29, 0.717) is 19.5 Å². The highest BCUT2D eigenvalue weighted by molar-refractivity contribution is 7.87. The van der Waals surface area contributed by atoms with Crippen LogP contribution >= 0.6 is 0 Å². The summed E-state index contributed by atoms with van der Waals surface area (Å²) in [7, 11) is -4.98. The van der Waals surface area contributed by atoms with E-state index >= 15 is 0 Å². The Morgan fingerprint density at radius 1 is 0.946 bits per heavy atom. The van der Waals surface area contributed by atoms with Crippen LogP contribution in [0.15, 0.2) is 0 Å². The normalized spacial score (nSPS) is 13.2. The van der Waals surface area contributed by atoms with Crippen LogP contribution in [0.3, 0.4) is 0 Å². The third-order valence-electron chi connectivity index (χ3n) is 5.89. The predicted octanol–water partition coefficient (Wildman–Crippen LogP) is 1.34. The van der Waals surface area contributed by atoms with Crippen LogP contribution in [-0.4, -0.2) is 102 Å². The highest BCUT2D eigenvalue weighted by Gasteiger charge is 2.34. The lowest BCUT2D eigenvalue weighted by atomic mass is 10.0. The van der Waals surface area contributed by atoms with Crippen molar-refractivity contribution in [1.82, 2.24) is 10.2 Å². The van der Waals surface area contributed by atoms with Crippen LogP contribution in [-0.2, 0) is 29.2 Å². The Labute approximate surface area is 220 Å². The summed E-state index contributed by atoms with van der Waals surface area (Å²) < 4.78 is 35.7. The number of amides is 1. The number of aliphatic hydroxyl groups is 2. The van der Waals surface area contributed by atoms with Crippen LogP contribution in [0.4, 0.5) is 0 Å². The Morgan fingerprint density at radius 2 is 1.57 bits per heavy atom. The summed E-state index contributed by atoms with van der Waals surface area (Å²) in [5.41, 5.74) is 0. The van der Waals surface area contributed by atoms with Crippen LogP contribution < -0.4 is 5.32 Å². The average molecular weight is 555 g/mol. The van der Waals surface area contributed by atoms with E-state index in [-0.39, 0.29) is 44.7 Å². The van der Waals surface area contributed by atoms with Crippen molar-refractivity contribution in [2.45, 2.75) is 95.3 Å². The molecule has 12 nitrogen and oxygen atoms in total. The van der Waals surface area contributed by atoms with Gasteiger partial charge in [0, 0.05) is 19.5 Å². The van der Waals surface area contributed by atoms with Crippen LogP contribution in [0.2, 0.25) is 0 Å². The zero-order valence-electron chi connectivity index (χ0n) is 22.0. The van der Waals surface area contributed by atoms with E-state index in [1.807, 2.05) is 0 Å². The number of hydrogen-bond acceptors (Lipinski definition) is 9. The summed E-state index contributed by atoms with van der Waals surface area (Å²) in [4.78, 5) is 36.3. The number of aliphatic hydroxyl groups excluding tert-OH is 2. The van der Waals surface area contributed by atoms with Crippen molar-refractivity contribution in [3.63, 3.8) is 0 Å². The van der Waals surface area contributed by atoms with Crippen molar-refractivity contribution in [3.8, 4) is 0 Å². The maximum Gasteiger partial charge on any atom is 0.325 e. The lowest BCUT2D eigenvalue weighted by molar-refractivity contribution is -0.148. The smallest absolute Gasteiger partial charge is 0.325 e. The number of rotatable bonds is 24. The molecule has 2 unspecified atom stereocenters. The Balaban J connectivity index is 4.08. The van der Waals surface area contributed by atoms with Crippen LogP contribution in [0.25, 0.3) is 0 Å². The fraction of sp³-hybridized carbons (Fsp3) is 0.875. The van der Waals surface area contributed by atoms with E-state index in [1.54, 1.807) is 0 Å². The summed E-state index contributed by atoms with van der Waals surface area (Å²) in [6.07, 6.45) is 9.71. The lowest BCUT2D eigenvalue weighted by Gasteiger charge is -2.22. The van der Waals surface area contributed by atoms with Crippen LogP contribution in [0.1, 0.15) is 84.0 Å². The fourth-order valence-corrected chi connectivity index (χ4v) is 4.29. The zero-order valence-corrected chi connectivity index (χ0v) is 22.8. The minimum atomic E-state index is -4.98. The first-order valence-corrected chi connectivity index (χ1v) is 14.6. The first-order chi connectivity index (χ1) is 17.5. The number of nitrogens with one attached hydrogen (secondary N) is 1. The van der Waals surface area contributed by atoms with Gasteiger partial charge in [-0.05, 0) is 19.4 Å². The van der Waals surface area contributed by atoms with E-state index in [2.05, 4.69) is 12.2 Å². The molecule has 0 aromatic heterocycles. The SMILES string of the molecule is CCCCCCCCCCC(O)CCNCCC(=O)N(CCO)CCOC(=O)CC(C(=O)O)S(=O)(=O)O. The van der Waals surface area contributed by atoms with E-state index in [1.165, 1.54) is 43.4 Å². The molecule has 5 N–H and O–H groups in total. The van der Waals surface area contributed by atoms with Crippen molar-refractivity contribution >= 4 is 28.0 Å². The number of carbonyl (C=O) groups is 3. The molecule has 37 heavy (non-hydrogen) atoms. The molecule has 218 valence electrons. The number of hydrogen-bond donors (Lipinski definition) is 5. The molecule has 0 spiro atoms. The molecule has 0 saturated heterocycles. The van der Waals surface area contributed by atoms with Gasteiger partial charge in [-0.25, -0.2) is 0 Å². The van der Waals surface area contributed by atoms with Crippen molar-refractivity contribution < 1.29 is 47.4 Å². The Hall–Kier alpha value is -1.80. The van der Waals surface area contributed by atoms with Gasteiger partial charge >= 0.3 is 11.9 Å². The first-order valence-electron chi connectivity index (χ1n) is 13.1. The van der Waals surface area contributed by atoms with Gasteiger partial charge in [-0.1, -0.05) is 58.3 Å².